The van der Waals surface area contributed by atoms with Crippen LogP contribution in [0.4, 0.5) is 10.6 Å². The predicted molar refractivity (Wildman–Crippen MR) is 94.9 cm³/mol. The predicted octanol–water partition coefficient (Wildman–Crippen LogP) is 0.557. The monoisotopic (exact) mass is 371 g/mol. The average Bonchev–Trinajstić information content (AvgIpc) is 3.18. The van der Waals surface area contributed by atoms with E-state index in [-0.39, 0.29) is 12.6 Å². The normalized spacial score (nSPS) is 14.1. The molecular formula is C17H21N7O3. The molecule has 1 N–H and O–H groups in total. The second kappa shape index (κ2) is 8.95. The van der Waals surface area contributed by atoms with Gasteiger partial charge in [-0.05, 0) is 12.1 Å². The first-order chi connectivity index (χ1) is 13.2. The van der Waals surface area contributed by atoms with Crippen molar-refractivity contribution in [3.63, 3.8) is 0 Å². The maximum absolute atomic E-state index is 12.3. The fraction of sp³-hybridized carbons (Fsp3) is 0.471. The third-order valence-electron chi connectivity index (χ3n) is 4.20. The molecule has 0 radical (unpaired) electrons. The molecule has 10 nitrogen and oxygen atoms in total. The van der Waals surface area contributed by atoms with Crippen LogP contribution < -0.4 is 10.2 Å². The number of anilines is 1. The first-order valence-electron chi connectivity index (χ1n) is 8.64. The number of hydrogen-bond donors (Lipinski definition) is 1. The molecule has 142 valence electrons. The van der Waals surface area contributed by atoms with E-state index in [4.69, 9.17) is 9.26 Å². The highest BCUT2D eigenvalue weighted by atomic mass is 16.5. The molecule has 0 unspecified atom stereocenters. The summed E-state index contributed by atoms with van der Waals surface area (Å²) in [6.07, 6.45) is 2.21. The van der Waals surface area contributed by atoms with Gasteiger partial charge in [0.1, 0.15) is 11.9 Å². The Bertz CT molecular complexity index is 809. The van der Waals surface area contributed by atoms with Gasteiger partial charge in [-0.25, -0.2) is 9.78 Å². The Morgan fingerprint density at radius 2 is 2.22 bits per heavy atom. The lowest BCUT2D eigenvalue weighted by molar-refractivity contribution is 0.192. The molecule has 2 aromatic rings. The molecule has 0 saturated carbocycles. The number of amides is 2. The summed E-state index contributed by atoms with van der Waals surface area (Å²) in [6, 6.07) is 5.45. The maximum atomic E-state index is 12.3. The molecule has 3 rings (SSSR count). The minimum Gasteiger partial charge on any atom is -0.384 e. The number of nitrogens with one attached hydrogen (secondary N) is 1. The summed E-state index contributed by atoms with van der Waals surface area (Å²) in [5, 5.41) is 15.8. The molecule has 2 amide bonds. The van der Waals surface area contributed by atoms with E-state index in [1.54, 1.807) is 30.3 Å². The van der Waals surface area contributed by atoms with Crippen LogP contribution in [0.1, 0.15) is 17.3 Å². The molecule has 0 aliphatic carbocycles. The molecule has 1 aliphatic heterocycles. The molecule has 0 aromatic carbocycles. The van der Waals surface area contributed by atoms with Crippen molar-refractivity contribution in [3.8, 4) is 6.07 Å². The molecule has 10 heteroatoms. The zero-order chi connectivity index (χ0) is 19.1. The van der Waals surface area contributed by atoms with Crippen LogP contribution in [0.3, 0.4) is 0 Å². The number of pyridine rings is 1. The lowest BCUT2D eigenvalue weighted by atomic mass is 10.2. The van der Waals surface area contributed by atoms with Crippen LogP contribution in [-0.4, -0.2) is 66.0 Å². The number of urea groups is 1. The largest absolute Gasteiger partial charge is 0.384 e. The van der Waals surface area contributed by atoms with E-state index in [2.05, 4.69) is 26.5 Å². The van der Waals surface area contributed by atoms with Crippen LogP contribution in [-0.2, 0) is 17.7 Å². The summed E-state index contributed by atoms with van der Waals surface area (Å²) >= 11 is 0. The minimum absolute atomic E-state index is 0.181. The molecule has 0 atom stereocenters. The molecule has 2 aromatic heterocycles. The highest BCUT2D eigenvalue weighted by Crippen LogP contribution is 2.18. The van der Waals surface area contributed by atoms with Gasteiger partial charge in [0.15, 0.2) is 5.82 Å². The molecule has 1 fully saturated rings. The molecule has 1 aliphatic rings. The van der Waals surface area contributed by atoms with Gasteiger partial charge in [0.2, 0.25) is 5.89 Å². The number of hydrogen-bond acceptors (Lipinski definition) is 8. The number of nitriles is 1. The Morgan fingerprint density at radius 1 is 1.41 bits per heavy atom. The van der Waals surface area contributed by atoms with Gasteiger partial charge < -0.3 is 24.4 Å². The van der Waals surface area contributed by atoms with E-state index >= 15 is 0 Å². The van der Waals surface area contributed by atoms with Crippen LogP contribution in [0, 0.1) is 11.3 Å². The van der Waals surface area contributed by atoms with Crippen molar-refractivity contribution in [2.45, 2.75) is 13.0 Å². The van der Waals surface area contributed by atoms with E-state index in [1.165, 1.54) is 0 Å². The number of aromatic nitrogens is 3. The molecular weight excluding hydrogens is 350 g/mol. The number of carbonyl (C=O) groups excluding carboxylic acids is 1. The van der Waals surface area contributed by atoms with Crippen molar-refractivity contribution in [2.75, 3.05) is 44.8 Å². The molecule has 3 heterocycles. The van der Waals surface area contributed by atoms with Gasteiger partial charge in [-0.1, -0.05) is 5.16 Å². The summed E-state index contributed by atoms with van der Waals surface area (Å²) in [5.74, 6) is 1.58. The first-order valence-corrected chi connectivity index (χ1v) is 8.64. The Kier molecular flexibility index (Phi) is 6.17. The summed E-state index contributed by atoms with van der Waals surface area (Å²) in [5.41, 5.74) is 0.539. The second-order valence-electron chi connectivity index (χ2n) is 5.97. The van der Waals surface area contributed by atoms with Crippen molar-refractivity contribution in [1.29, 1.82) is 5.26 Å². The van der Waals surface area contributed by atoms with Gasteiger partial charge in [-0.15, -0.1) is 0 Å². The van der Waals surface area contributed by atoms with E-state index in [9.17, 15) is 10.1 Å². The Balaban J connectivity index is 1.47. The van der Waals surface area contributed by atoms with Crippen molar-refractivity contribution in [3.05, 3.63) is 35.6 Å². The van der Waals surface area contributed by atoms with Gasteiger partial charge in [-0.3, -0.25) is 0 Å². The topological polar surface area (TPSA) is 120 Å². The van der Waals surface area contributed by atoms with Crippen LogP contribution in [0.15, 0.2) is 22.9 Å². The third kappa shape index (κ3) is 4.71. The number of nitrogens with zero attached hydrogens (tertiary/aromatic N) is 6. The standard InChI is InChI=1S/C17H21N7O3/c1-26-10-4-15-21-14(22-27-15)12-20-17(25)24-8-6-23(7-9-24)16-13(11-18)3-2-5-19-16/h2-3,5H,4,6-10,12H2,1H3,(H,20,25). The Morgan fingerprint density at radius 3 is 2.96 bits per heavy atom. The zero-order valence-corrected chi connectivity index (χ0v) is 15.1. The highest BCUT2D eigenvalue weighted by molar-refractivity contribution is 5.74. The highest BCUT2D eigenvalue weighted by Gasteiger charge is 2.23. The SMILES string of the molecule is COCCc1nc(CNC(=O)N2CCN(c3ncccc3C#N)CC2)no1. The lowest BCUT2D eigenvalue weighted by Gasteiger charge is -2.35. The van der Waals surface area contributed by atoms with Crippen LogP contribution in [0.25, 0.3) is 0 Å². The average molecular weight is 371 g/mol. The molecule has 27 heavy (non-hydrogen) atoms. The fourth-order valence-electron chi connectivity index (χ4n) is 2.78. The van der Waals surface area contributed by atoms with Crippen molar-refractivity contribution in [2.24, 2.45) is 0 Å². The first kappa shape index (κ1) is 18.6. The fourth-order valence-corrected chi connectivity index (χ4v) is 2.78. The lowest BCUT2D eigenvalue weighted by Crippen LogP contribution is -2.52. The number of methoxy groups -OCH3 is 1. The van der Waals surface area contributed by atoms with Crippen LogP contribution in [0.5, 0.6) is 0 Å². The van der Waals surface area contributed by atoms with E-state index in [0.717, 1.165) is 0 Å². The summed E-state index contributed by atoms with van der Waals surface area (Å²) < 4.78 is 10.0. The summed E-state index contributed by atoms with van der Waals surface area (Å²) in [7, 11) is 1.60. The smallest absolute Gasteiger partial charge is 0.317 e. The number of carbonyl (C=O) groups is 1. The number of rotatable bonds is 6. The van der Waals surface area contributed by atoms with E-state index in [0.29, 0.717) is 62.3 Å². The van der Waals surface area contributed by atoms with Gasteiger partial charge >= 0.3 is 6.03 Å². The van der Waals surface area contributed by atoms with Gasteiger partial charge in [0.25, 0.3) is 0 Å². The Hall–Kier alpha value is -3.19. The quantitative estimate of drug-likeness (QED) is 0.782. The summed E-state index contributed by atoms with van der Waals surface area (Å²) in [4.78, 5) is 24.6. The molecule has 0 bridgehead atoms. The second-order valence-corrected chi connectivity index (χ2v) is 5.97. The minimum atomic E-state index is -0.181. The molecule has 0 spiro atoms. The van der Waals surface area contributed by atoms with E-state index < -0.39 is 0 Å². The van der Waals surface area contributed by atoms with Gasteiger partial charge in [0.05, 0.1) is 25.1 Å². The maximum Gasteiger partial charge on any atom is 0.317 e. The van der Waals surface area contributed by atoms with Crippen LogP contribution in [0.2, 0.25) is 0 Å². The van der Waals surface area contributed by atoms with Gasteiger partial charge in [-0.2, -0.15) is 10.2 Å². The number of ether oxygens (including phenoxy) is 1. The third-order valence-corrected chi connectivity index (χ3v) is 4.20. The number of piperazine rings is 1. The van der Waals surface area contributed by atoms with Crippen molar-refractivity contribution < 1.29 is 14.1 Å². The van der Waals surface area contributed by atoms with E-state index in [1.807, 2.05) is 4.90 Å². The zero-order valence-electron chi connectivity index (χ0n) is 15.1. The van der Waals surface area contributed by atoms with Crippen LogP contribution >= 0.6 is 0 Å². The Labute approximate surface area is 156 Å². The summed E-state index contributed by atoms with van der Waals surface area (Å²) in [6.45, 7) is 3.01. The van der Waals surface area contributed by atoms with Crippen molar-refractivity contribution >= 4 is 11.8 Å². The van der Waals surface area contributed by atoms with Gasteiger partial charge in [0, 0.05) is 39.5 Å². The van der Waals surface area contributed by atoms with Crippen molar-refractivity contribution in [1.82, 2.24) is 25.3 Å². The molecule has 1 saturated heterocycles.